The lowest BCUT2D eigenvalue weighted by Gasteiger charge is -2.21. The fraction of sp³-hybridized carbons (Fsp3) is 0.263. The second-order valence-electron chi connectivity index (χ2n) is 6.11. The van der Waals surface area contributed by atoms with Gasteiger partial charge in [-0.15, -0.1) is 0 Å². The number of carbonyl (C=O) groups excluding carboxylic acids is 1. The third kappa shape index (κ3) is 3.43. The van der Waals surface area contributed by atoms with E-state index in [2.05, 4.69) is 0 Å². The van der Waals surface area contributed by atoms with Crippen LogP contribution in [0.5, 0.6) is 0 Å². The van der Waals surface area contributed by atoms with Crippen LogP contribution in [0.25, 0.3) is 11.1 Å². The highest BCUT2D eigenvalue weighted by atomic mass is 19.1. The SMILES string of the molecule is COC1CC(C(=O)O)N(C(=O)c2ccc(-c3ccc(F)cc3)cc2F)C1. The number of carboxylic acids is 1. The largest absolute Gasteiger partial charge is 0.480 e. The van der Waals surface area contributed by atoms with Crippen LogP contribution in [0.15, 0.2) is 42.5 Å². The van der Waals surface area contributed by atoms with E-state index in [4.69, 9.17) is 4.74 Å². The lowest BCUT2D eigenvalue weighted by molar-refractivity contribution is -0.141. The Hall–Kier alpha value is -2.80. The Labute approximate surface area is 148 Å². The molecule has 26 heavy (non-hydrogen) atoms. The minimum Gasteiger partial charge on any atom is -0.480 e. The minimum absolute atomic E-state index is 0.0887. The number of carboxylic acid groups (broad SMARTS) is 1. The molecule has 1 fully saturated rings. The first kappa shape index (κ1) is 18.0. The van der Waals surface area contributed by atoms with Gasteiger partial charge in [0.15, 0.2) is 0 Å². The first-order valence-corrected chi connectivity index (χ1v) is 8.02. The van der Waals surface area contributed by atoms with Gasteiger partial charge < -0.3 is 14.7 Å². The Morgan fingerprint density at radius 2 is 1.77 bits per heavy atom. The van der Waals surface area contributed by atoms with Crippen LogP contribution in [0.1, 0.15) is 16.8 Å². The van der Waals surface area contributed by atoms with E-state index in [0.717, 1.165) is 4.90 Å². The molecule has 0 bridgehead atoms. The van der Waals surface area contributed by atoms with Crippen LogP contribution < -0.4 is 0 Å². The Bertz CT molecular complexity index is 838. The van der Waals surface area contributed by atoms with E-state index in [1.807, 2.05) is 0 Å². The number of likely N-dealkylation sites (tertiary alicyclic amines) is 1. The summed E-state index contributed by atoms with van der Waals surface area (Å²) in [5.74, 6) is -3.01. The summed E-state index contributed by atoms with van der Waals surface area (Å²) in [7, 11) is 1.44. The van der Waals surface area contributed by atoms with Crippen LogP contribution in [0, 0.1) is 11.6 Å². The molecule has 136 valence electrons. The van der Waals surface area contributed by atoms with Gasteiger partial charge in [0.1, 0.15) is 17.7 Å². The number of nitrogens with zero attached hydrogens (tertiary/aromatic N) is 1. The van der Waals surface area contributed by atoms with Crippen molar-refractivity contribution in [3.8, 4) is 11.1 Å². The van der Waals surface area contributed by atoms with E-state index in [9.17, 15) is 23.5 Å². The molecule has 0 aliphatic carbocycles. The molecule has 1 aliphatic heterocycles. The average molecular weight is 361 g/mol. The van der Waals surface area contributed by atoms with Crippen LogP contribution in [0.4, 0.5) is 8.78 Å². The molecule has 0 spiro atoms. The van der Waals surface area contributed by atoms with Gasteiger partial charge in [-0.05, 0) is 35.4 Å². The van der Waals surface area contributed by atoms with Crippen molar-refractivity contribution in [1.29, 1.82) is 0 Å². The number of rotatable bonds is 4. The van der Waals surface area contributed by atoms with Crippen LogP contribution >= 0.6 is 0 Å². The minimum atomic E-state index is -1.15. The summed E-state index contributed by atoms with van der Waals surface area (Å²) in [6.45, 7) is 0.0887. The maximum atomic E-state index is 14.5. The Balaban J connectivity index is 1.88. The standard InChI is InChI=1S/C19H17F2NO4/c1-26-14-9-17(19(24)25)22(10-14)18(23)15-7-4-12(8-16(15)21)11-2-5-13(20)6-3-11/h2-8,14,17H,9-10H2,1H3,(H,24,25). The summed E-state index contributed by atoms with van der Waals surface area (Å²) in [5.41, 5.74) is 0.886. The van der Waals surface area contributed by atoms with Gasteiger partial charge in [-0.3, -0.25) is 4.79 Å². The van der Waals surface area contributed by atoms with Gasteiger partial charge in [0.05, 0.1) is 11.7 Å². The molecule has 5 nitrogen and oxygen atoms in total. The van der Waals surface area contributed by atoms with Crippen molar-refractivity contribution in [2.75, 3.05) is 13.7 Å². The molecule has 2 atom stereocenters. The number of ether oxygens (including phenoxy) is 1. The second-order valence-corrected chi connectivity index (χ2v) is 6.11. The van der Waals surface area contributed by atoms with E-state index < -0.39 is 35.7 Å². The molecule has 1 saturated heterocycles. The zero-order valence-corrected chi connectivity index (χ0v) is 14.0. The summed E-state index contributed by atoms with van der Waals surface area (Å²) in [6.07, 6.45) is -0.242. The molecule has 3 rings (SSSR count). The number of halogens is 2. The molecule has 1 aliphatic rings. The number of carbonyl (C=O) groups is 2. The normalized spacial score (nSPS) is 19.6. The molecule has 1 heterocycles. The molecule has 1 amide bonds. The van der Waals surface area contributed by atoms with Crippen molar-refractivity contribution in [3.63, 3.8) is 0 Å². The first-order valence-electron chi connectivity index (χ1n) is 8.02. The van der Waals surface area contributed by atoms with Crippen LogP contribution in [-0.2, 0) is 9.53 Å². The van der Waals surface area contributed by atoms with Crippen LogP contribution in [0.3, 0.4) is 0 Å². The Morgan fingerprint density at radius 3 is 2.35 bits per heavy atom. The molecule has 7 heteroatoms. The monoisotopic (exact) mass is 361 g/mol. The Morgan fingerprint density at radius 1 is 1.12 bits per heavy atom. The molecule has 1 N–H and O–H groups in total. The predicted octanol–water partition coefficient (Wildman–Crippen LogP) is 2.95. The molecule has 0 aromatic heterocycles. The molecule has 2 aromatic carbocycles. The summed E-state index contributed by atoms with van der Waals surface area (Å²) >= 11 is 0. The highest BCUT2D eigenvalue weighted by Crippen LogP contribution is 2.26. The average Bonchev–Trinajstić information content (AvgIpc) is 3.06. The molecule has 2 aromatic rings. The van der Waals surface area contributed by atoms with Crippen molar-refractivity contribution in [1.82, 2.24) is 4.90 Å². The van der Waals surface area contributed by atoms with E-state index in [0.29, 0.717) is 11.1 Å². The van der Waals surface area contributed by atoms with Crippen molar-refractivity contribution in [2.24, 2.45) is 0 Å². The predicted molar refractivity (Wildman–Crippen MR) is 89.7 cm³/mol. The van der Waals surface area contributed by atoms with Crippen LogP contribution in [-0.4, -0.2) is 47.7 Å². The number of benzene rings is 2. The zero-order chi connectivity index (χ0) is 18.8. The topological polar surface area (TPSA) is 66.8 Å². The number of hydrogen-bond donors (Lipinski definition) is 1. The van der Waals surface area contributed by atoms with E-state index in [-0.39, 0.29) is 18.5 Å². The fourth-order valence-corrected chi connectivity index (χ4v) is 3.09. The molecule has 0 radical (unpaired) electrons. The highest BCUT2D eigenvalue weighted by molar-refractivity contribution is 5.97. The van der Waals surface area contributed by atoms with Gasteiger partial charge >= 0.3 is 5.97 Å². The quantitative estimate of drug-likeness (QED) is 0.909. The van der Waals surface area contributed by atoms with Gasteiger partial charge in [-0.1, -0.05) is 18.2 Å². The molecular weight excluding hydrogens is 344 g/mol. The third-order valence-corrected chi connectivity index (χ3v) is 4.52. The zero-order valence-electron chi connectivity index (χ0n) is 14.0. The number of amides is 1. The number of hydrogen-bond acceptors (Lipinski definition) is 3. The lowest BCUT2D eigenvalue weighted by Crippen LogP contribution is -2.41. The molecular formula is C19H17F2NO4. The Kier molecular flexibility index (Phi) is 4.99. The second kappa shape index (κ2) is 7.21. The van der Waals surface area contributed by atoms with E-state index in [1.54, 1.807) is 6.07 Å². The first-order chi connectivity index (χ1) is 12.4. The lowest BCUT2D eigenvalue weighted by atomic mass is 10.0. The summed E-state index contributed by atoms with van der Waals surface area (Å²) < 4.78 is 32.7. The smallest absolute Gasteiger partial charge is 0.326 e. The maximum Gasteiger partial charge on any atom is 0.326 e. The van der Waals surface area contributed by atoms with Gasteiger partial charge in [-0.25, -0.2) is 13.6 Å². The van der Waals surface area contributed by atoms with Crippen molar-refractivity contribution >= 4 is 11.9 Å². The number of methoxy groups -OCH3 is 1. The third-order valence-electron chi connectivity index (χ3n) is 4.52. The molecule has 2 unspecified atom stereocenters. The fourth-order valence-electron chi connectivity index (χ4n) is 3.09. The maximum absolute atomic E-state index is 14.5. The summed E-state index contributed by atoms with van der Waals surface area (Å²) in [5, 5.41) is 9.30. The van der Waals surface area contributed by atoms with Gasteiger partial charge in [0.25, 0.3) is 5.91 Å². The summed E-state index contributed by atoms with van der Waals surface area (Å²) in [6, 6.07) is 8.53. The number of aliphatic carboxylic acids is 1. The van der Waals surface area contributed by atoms with Gasteiger partial charge in [0, 0.05) is 20.1 Å². The van der Waals surface area contributed by atoms with Crippen molar-refractivity contribution in [2.45, 2.75) is 18.6 Å². The van der Waals surface area contributed by atoms with Gasteiger partial charge in [-0.2, -0.15) is 0 Å². The highest BCUT2D eigenvalue weighted by Gasteiger charge is 2.40. The van der Waals surface area contributed by atoms with Gasteiger partial charge in [0.2, 0.25) is 0 Å². The molecule has 0 saturated carbocycles. The van der Waals surface area contributed by atoms with E-state index >= 15 is 0 Å². The van der Waals surface area contributed by atoms with E-state index in [1.165, 1.54) is 43.5 Å². The van der Waals surface area contributed by atoms with Crippen molar-refractivity contribution in [3.05, 3.63) is 59.7 Å². The summed E-state index contributed by atoms with van der Waals surface area (Å²) in [4.78, 5) is 25.2. The van der Waals surface area contributed by atoms with Crippen LogP contribution in [0.2, 0.25) is 0 Å². The van der Waals surface area contributed by atoms with Crippen molar-refractivity contribution < 1.29 is 28.2 Å².